The second kappa shape index (κ2) is 5.25. The molecule has 0 bridgehead atoms. The highest BCUT2D eigenvalue weighted by molar-refractivity contribution is 5.41. The molecular formula is C13H10F3N3O. The minimum Gasteiger partial charge on any atom is -0.478 e. The quantitative estimate of drug-likeness (QED) is 0.868. The number of benzene rings is 1. The molecule has 0 aliphatic rings. The lowest BCUT2D eigenvalue weighted by molar-refractivity contribution is -0.141. The first kappa shape index (κ1) is 13.9. The van der Waals surface area contributed by atoms with Gasteiger partial charge in [-0.2, -0.15) is 23.5 Å². The topological polar surface area (TPSA) is 50.8 Å². The van der Waals surface area contributed by atoms with Crippen LogP contribution in [-0.4, -0.2) is 16.4 Å². The molecule has 0 radical (unpaired) electrons. The van der Waals surface area contributed by atoms with Crippen LogP contribution in [0.3, 0.4) is 0 Å². The van der Waals surface area contributed by atoms with E-state index in [1.807, 2.05) is 6.07 Å². The van der Waals surface area contributed by atoms with Crippen molar-refractivity contribution in [3.63, 3.8) is 0 Å². The molecule has 1 heterocycles. The normalized spacial score (nSPS) is 11.2. The van der Waals surface area contributed by atoms with E-state index in [1.54, 1.807) is 6.92 Å². The third kappa shape index (κ3) is 2.74. The molecular weight excluding hydrogens is 271 g/mol. The maximum atomic E-state index is 12.7. The number of hydrogen-bond donors (Lipinski definition) is 0. The molecule has 0 unspecified atom stereocenters. The summed E-state index contributed by atoms with van der Waals surface area (Å²) in [5, 5.41) is 12.2. The molecule has 0 aliphatic carbocycles. The SMILES string of the molecule is CCOc1cc(C(F)(F)F)nn1-c1ccc(C#N)cc1. The smallest absolute Gasteiger partial charge is 0.435 e. The molecule has 0 atom stereocenters. The zero-order valence-electron chi connectivity index (χ0n) is 10.5. The average Bonchev–Trinajstić information content (AvgIpc) is 2.83. The molecule has 1 aromatic carbocycles. The summed E-state index contributed by atoms with van der Waals surface area (Å²) >= 11 is 0. The minimum absolute atomic E-state index is 0.00420. The van der Waals surface area contributed by atoms with Crippen molar-refractivity contribution in [1.29, 1.82) is 5.26 Å². The van der Waals surface area contributed by atoms with Crippen LogP contribution in [0.1, 0.15) is 18.2 Å². The van der Waals surface area contributed by atoms with E-state index in [0.717, 1.165) is 10.7 Å². The van der Waals surface area contributed by atoms with Gasteiger partial charge in [-0.25, -0.2) is 4.68 Å². The Kier molecular flexibility index (Phi) is 3.66. The standard InChI is InChI=1S/C13H10F3N3O/c1-2-20-12-7-11(13(14,15)16)18-19(12)10-5-3-9(8-17)4-6-10/h3-7H,2H2,1H3. The molecule has 0 fully saturated rings. The molecule has 4 nitrogen and oxygen atoms in total. The fraction of sp³-hybridized carbons (Fsp3) is 0.231. The van der Waals surface area contributed by atoms with Gasteiger partial charge in [-0.1, -0.05) is 0 Å². The third-order valence-corrected chi connectivity index (χ3v) is 2.50. The minimum atomic E-state index is -4.54. The maximum Gasteiger partial charge on any atom is 0.435 e. The van der Waals surface area contributed by atoms with Crippen LogP contribution in [0.25, 0.3) is 5.69 Å². The summed E-state index contributed by atoms with van der Waals surface area (Å²) in [6, 6.07) is 8.80. The van der Waals surface area contributed by atoms with Gasteiger partial charge in [0, 0.05) is 6.07 Å². The number of alkyl halides is 3. The summed E-state index contributed by atoms with van der Waals surface area (Å²) in [6.45, 7) is 1.89. The maximum absolute atomic E-state index is 12.7. The van der Waals surface area contributed by atoms with Crippen LogP contribution in [0.15, 0.2) is 30.3 Å². The Morgan fingerprint density at radius 2 is 1.95 bits per heavy atom. The lowest BCUT2D eigenvalue weighted by Gasteiger charge is -2.07. The van der Waals surface area contributed by atoms with E-state index in [2.05, 4.69) is 5.10 Å². The van der Waals surface area contributed by atoms with Gasteiger partial charge in [0.2, 0.25) is 5.88 Å². The van der Waals surface area contributed by atoms with Gasteiger partial charge in [-0.15, -0.1) is 0 Å². The average molecular weight is 281 g/mol. The van der Waals surface area contributed by atoms with E-state index in [1.165, 1.54) is 24.3 Å². The van der Waals surface area contributed by atoms with E-state index in [9.17, 15) is 13.2 Å². The molecule has 0 spiro atoms. The molecule has 0 saturated carbocycles. The van der Waals surface area contributed by atoms with E-state index in [4.69, 9.17) is 10.00 Å². The summed E-state index contributed by atoms with van der Waals surface area (Å²) in [6.07, 6.45) is -4.54. The third-order valence-electron chi connectivity index (χ3n) is 2.50. The van der Waals surface area contributed by atoms with Gasteiger partial charge in [-0.3, -0.25) is 0 Å². The van der Waals surface area contributed by atoms with E-state index >= 15 is 0 Å². The van der Waals surface area contributed by atoms with Gasteiger partial charge in [0.1, 0.15) is 0 Å². The van der Waals surface area contributed by atoms with Gasteiger partial charge in [0.05, 0.1) is 23.9 Å². The van der Waals surface area contributed by atoms with E-state index < -0.39 is 11.9 Å². The number of ether oxygens (including phenoxy) is 1. The fourth-order valence-electron chi connectivity index (χ4n) is 1.62. The highest BCUT2D eigenvalue weighted by atomic mass is 19.4. The highest BCUT2D eigenvalue weighted by Crippen LogP contribution is 2.32. The van der Waals surface area contributed by atoms with Gasteiger partial charge >= 0.3 is 6.18 Å². The number of rotatable bonds is 3. The molecule has 0 amide bonds. The Hall–Kier alpha value is -2.49. The molecule has 1 aromatic heterocycles. The molecule has 7 heteroatoms. The predicted octanol–water partition coefficient (Wildman–Crippen LogP) is 3.16. The summed E-state index contributed by atoms with van der Waals surface area (Å²) in [4.78, 5) is 0. The Morgan fingerprint density at radius 3 is 2.45 bits per heavy atom. The van der Waals surface area contributed by atoms with Crippen molar-refractivity contribution < 1.29 is 17.9 Å². The largest absolute Gasteiger partial charge is 0.478 e. The second-order valence-electron chi connectivity index (χ2n) is 3.87. The Balaban J connectivity index is 2.48. The van der Waals surface area contributed by atoms with Crippen molar-refractivity contribution in [2.24, 2.45) is 0 Å². The monoisotopic (exact) mass is 281 g/mol. The first-order chi connectivity index (χ1) is 9.45. The lowest BCUT2D eigenvalue weighted by Crippen LogP contribution is -2.07. The predicted molar refractivity (Wildman–Crippen MR) is 64.5 cm³/mol. The Morgan fingerprint density at radius 1 is 1.30 bits per heavy atom. The number of aromatic nitrogens is 2. The van der Waals surface area contributed by atoms with E-state index in [0.29, 0.717) is 11.3 Å². The number of nitriles is 1. The van der Waals surface area contributed by atoms with Crippen LogP contribution in [0.2, 0.25) is 0 Å². The molecule has 2 aromatic rings. The lowest BCUT2D eigenvalue weighted by atomic mass is 10.2. The van der Waals surface area contributed by atoms with Crippen LogP contribution in [0, 0.1) is 11.3 Å². The number of nitrogens with zero attached hydrogens (tertiary/aromatic N) is 3. The van der Waals surface area contributed by atoms with Crippen molar-refractivity contribution in [1.82, 2.24) is 9.78 Å². The summed E-state index contributed by atoms with van der Waals surface area (Å²) < 4.78 is 44.3. The highest BCUT2D eigenvalue weighted by Gasteiger charge is 2.35. The molecule has 2 rings (SSSR count). The molecule has 0 saturated heterocycles. The van der Waals surface area contributed by atoms with Crippen LogP contribution in [0.5, 0.6) is 5.88 Å². The summed E-state index contributed by atoms with van der Waals surface area (Å²) in [5.41, 5.74) is -0.219. The molecule has 20 heavy (non-hydrogen) atoms. The molecule has 0 aliphatic heterocycles. The van der Waals surface area contributed by atoms with Gasteiger partial charge in [0.15, 0.2) is 5.69 Å². The van der Waals surface area contributed by atoms with Gasteiger partial charge < -0.3 is 4.74 Å². The van der Waals surface area contributed by atoms with Crippen molar-refractivity contribution in [3.8, 4) is 17.6 Å². The van der Waals surface area contributed by atoms with Crippen LogP contribution in [0.4, 0.5) is 13.2 Å². The van der Waals surface area contributed by atoms with Crippen molar-refractivity contribution in [2.75, 3.05) is 6.61 Å². The van der Waals surface area contributed by atoms with Crippen molar-refractivity contribution >= 4 is 0 Å². The zero-order valence-corrected chi connectivity index (χ0v) is 10.5. The van der Waals surface area contributed by atoms with E-state index in [-0.39, 0.29) is 12.5 Å². The van der Waals surface area contributed by atoms with Crippen LogP contribution < -0.4 is 4.74 Å². The summed E-state index contributed by atoms with van der Waals surface area (Å²) in [5.74, 6) is 0.00420. The Bertz CT molecular complexity index is 638. The second-order valence-corrected chi connectivity index (χ2v) is 3.87. The first-order valence-corrected chi connectivity index (χ1v) is 5.76. The van der Waals surface area contributed by atoms with Crippen molar-refractivity contribution in [2.45, 2.75) is 13.1 Å². The first-order valence-electron chi connectivity index (χ1n) is 5.76. The Labute approximate surface area is 113 Å². The zero-order chi connectivity index (χ0) is 14.8. The molecule has 0 N–H and O–H groups in total. The number of halogens is 3. The van der Waals surface area contributed by atoms with Crippen LogP contribution >= 0.6 is 0 Å². The summed E-state index contributed by atoms with van der Waals surface area (Å²) in [7, 11) is 0. The fourth-order valence-corrected chi connectivity index (χ4v) is 1.62. The van der Waals surface area contributed by atoms with Gasteiger partial charge in [-0.05, 0) is 31.2 Å². The molecule has 104 valence electrons. The van der Waals surface area contributed by atoms with Gasteiger partial charge in [0.25, 0.3) is 0 Å². The number of hydrogen-bond acceptors (Lipinski definition) is 3. The van der Waals surface area contributed by atoms with Crippen LogP contribution in [-0.2, 0) is 6.18 Å². The van der Waals surface area contributed by atoms with Crippen molar-refractivity contribution in [3.05, 3.63) is 41.6 Å².